The van der Waals surface area contributed by atoms with Crippen molar-refractivity contribution >= 4 is 35.6 Å². The Kier molecular flexibility index (Phi) is 15.4. The quantitative estimate of drug-likeness (QED) is 0.0494. The molecule has 0 aromatic heterocycles. The average Bonchev–Trinajstić information content (AvgIpc) is 2.77. The van der Waals surface area contributed by atoms with Gasteiger partial charge < -0.3 is 49.7 Å². The molecule has 36 heavy (non-hydrogen) atoms. The van der Waals surface area contributed by atoms with Gasteiger partial charge in [-0.1, -0.05) is 20.3 Å². The van der Waals surface area contributed by atoms with Crippen LogP contribution >= 0.6 is 0 Å². The fraction of sp³-hybridized carbons (Fsp3) is 0.714. The van der Waals surface area contributed by atoms with Crippen LogP contribution in [0.15, 0.2) is 4.99 Å². The number of primary amides is 1. The number of hydrogen-bond acceptors (Lipinski definition) is 8. The second-order valence-electron chi connectivity index (χ2n) is 8.70. The third-order valence-electron chi connectivity index (χ3n) is 5.15. The summed E-state index contributed by atoms with van der Waals surface area (Å²) in [5.41, 5.74) is 27.2. The van der Waals surface area contributed by atoms with Gasteiger partial charge in [0.1, 0.15) is 18.1 Å². The highest BCUT2D eigenvalue weighted by molar-refractivity contribution is 5.96. The maximum absolute atomic E-state index is 13.0. The van der Waals surface area contributed by atoms with Crippen LogP contribution in [-0.2, 0) is 24.0 Å². The van der Waals surface area contributed by atoms with Crippen molar-refractivity contribution < 1.29 is 29.1 Å². The van der Waals surface area contributed by atoms with Crippen LogP contribution in [0.1, 0.15) is 52.4 Å². The number of unbranched alkanes of at least 4 members (excludes halogenated alkanes) is 1. The van der Waals surface area contributed by atoms with E-state index in [-0.39, 0.29) is 18.9 Å². The zero-order valence-corrected chi connectivity index (χ0v) is 20.9. The van der Waals surface area contributed by atoms with Crippen molar-refractivity contribution in [1.29, 1.82) is 0 Å². The van der Waals surface area contributed by atoms with Crippen molar-refractivity contribution in [2.75, 3.05) is 13.1 Å². The Labute approximate surface area is 210 Å². The summed E-state index contributed by atoms with van der Waals surface area (Å²) < 4.78 is 0. The highest BCUT2D eigenvalue weighted by atomic mass is 16.4. The summed E-state index contributed by atoms with van der Waals surface area (Å²) in [5.74, 6) is -5.08. The van der Waals surface area contributed by atoms with Crippen LogP contribution in [0.2, 0.25) is 0 Å². The summed E-state index contributed by atoms with van der Waals surface area (Å²) in [6.07, 6.45) is 1.44. The van der Waals surface area contributed by atoms with Crippen molar-refractivity contribution in [2.45, 2.75) is 76.5 Å². The van der Waals surface area contributed by atoms with Gasteiger partial charge in [0.25, 0.3) is 0 Å². The summed E-state index contributed by atoms with van der Waals surface area (Å²) in [6, 6.07) is -4.76. The van der Waals surface area contributed by atoms with Crippen LogP contribution in [0.4, 0.5) is 0 Å². The Morgan fingerprint density at radius 2 is 1.42 bits per heavy atom. The SMILES string of the molecule is CC(C)C(NC(=O)C(CC(N)=O)NC(=O)C(CCCN=C(N)N)NC(=O)C(N)CCCCN)C(=O)O. The van der Waals surface area contributed by atoms with Crippen LogP contribution in [0, 0.1) is 5.92 Å². The molecule has 0 spiro atoms. The number of guanidine groups is 1. The number of aliphatic carboxylic acids is 1. The Hall–Kier alpha value is -3.46. The number of aliphatic imine (C=N–C) groups is 1. The van der Waals surface area contributed by atoms with E-state index in [0.717, 1.165) is 0 Å². The first-order valence-corrected chi connectivity index (χ1v) is 11.7. The fourth-order valence-corrected chi connectivity index (χ4v) is 3.14. The third kappa shape index (κ3) is 13.4. The second-order valence-corrected chi connectivity index (χ2v) is 8.70. The molecule has 0 rings (SSSR count). The first-order valence-electron chi connectivity index (χ1n) is 11.7. The number of carbonyl (C=O) groups is 5. The molecule has 4 unspecified atom stereocenters. The van der Waals surface area contributed by atoms with Crippen molar-refractivity contribution in [1.82, 2.24) is 16.0 Å². The highest BCUT2D eigenvalue weighted by Gasteiger charge is 2.32. The number of carboxylic acids is 1. The molecule has 206 valence electrons. The number of hydrogen-bond donors (Lipinski definition) is 9. The molecule has 15 heteroatoms. The van der Waals surface area contributed by atoms with Gasteiger partial charge in [0.2, 0.25) is 23.6 Å². The number of nitrogens with zero attached hydrogens (tertiary/aromatic N) is 1. The molecule has 14 N–H and O–H groups in total. The number of rotatable bonds is 18. The summed E-state index contributed by atoms with van der Waals surface area (Å²) >= 11 is 0. The molecule has 15 nitrogen and oxygen atoms in total. The highest BCUT2D eigenvalue weighted by Crippen LogP contribution is 2.06. The van der Waals surface area contributed by atoms with Crippen LogP contribution in [-0.4, -0.2) is 77.9 Å². The number of amides is 4. The van der Waals surface area contributed by atoms with Crippen molar-refractivity contribution in [3.63, 3.8) is 0 Å². The monoisotopic (exact) mass is 515 g/mol. The lowest BCUT2D eigenvalue weighted by Crippen LogP contribution is -2.58. The molecule has 0 saturated heterocycles. The zero-order chi connectivity index (χ0) is 27.8. The largest absolute Gasteiger partial charge is 0.480 e. The number of nitrogens with one attached hydrogen (secondary N) is 3. The summed E-state index contributed by atoms with van der Waals surface area (Å²) in [5, 5.41) is 16.5. The molecule has 0 aliphatic carbocycles. The fourth-order valence-electron chi connectivity index (χ4n) is 3.14. The Balaban J connectivity index is 5.57. The first-order chi connectivity index (χ1) is 16.8. The van der Waals surface area contributed by atoms with Gasteiger partial charge in [-0.25, -0.2) is 4.79 Å². The Bertz CT molecular complexity index is 786. The molecule has 0 fully saturated rings. The van der Waals surface area contributed by atoms with Gasteiger partial charge in [0, 0.05) is 6.54 Å². The number of carbonyl (C=O) groups excluding carboxylic acids is 4. The lowest BCUT2D eigenvalue weighted by atomic mass is 10.0. The minimum atomic E-state index is -1.47. The molecule has 0 heterocycles. The summed E-state index contributed by atoms with van der Waals surface area (Å²) in [6.45, 7) is 3.79. The zero-order valence-electron chi connectivity index (χ0n) is 20.9. The molecule has 4 amide bonds. The van der Waals surface area contributed by atoms with Crippen LogP contribution in [0.5, 0.6) is 0 Å². The minimum Gasteiger partial charge on any atom is -0.480 e. The van der Waals surface area contributed by atoms with Crippen LogP contribution in [0.3, 0.4) is 0 Å². The van der Waals surface area contributed by atoms with E-state index in [2.05, 4.69) is 20.9 Å². The summed E-state index contributed by atoms with van der Waals surface area (Å²) in [4.78, 5) is 65.1. The molecule has 0 saturated carbocycles. The maximum Gasteiger partial charge on any atom is 0.326 e. The first kappa shape index (κ1) is 32.5. The molecule has 0 aliphatic heterocycles. The second kappa shape index (κ2) is 17.0. The minimum absolute atomic E-state index is 0.0819. The molecular formula is C21H41N9O6. The predicted octanol–water partition coefficient (Wildman–Crippen LogP) is -3.43. The standard InChI is InChI=1S/C21H41N9O6/c1-11(2)16(20(35)36)30-19(34)14(10-15(24)31)29-18(33)13(7-5-9-27-21(25)26)28-17(32)12(23)6-3-4-8-22/h11-14,16H,3-10,22-23H2,1-2H3,(H2,24,31)(H,28,32)(H,29,33)(H,30,34)(H,35,36)(H4,25,26,27). The van der Waals surface area contributed by atoms with Crippen molar-refractivity contribution in [3.05, 3.63) is 0 Å². The summed E-state index contributed by atoms with van der Waals surface area (Å²) in [7, 11) is 0. The van der Waals surface area contributed by atoms with Gasteiger partial charge in [0.15, 0.2) is 5.96 Å². The number of carboxylic acid groups (broad SMARTS) is 1. The van der Waals surface area contributed by atoms with Gasteiger partial charge in [-0.2, -0.15) is 0 Å². The molecular weight excluding hydrogens is 474 g/mol. The molecule has 4 atom stereocenters. The Morgan fingerprint density at radius 3 is 1.92 bits per heavy atom. The lowest BCUT2D eigenvalue weighted by Gasteiger charge is -2.25. The van der Waals surface area contributed by atoms with E-state index in [1.54, 1.807) is 13.8 Å². The third-order valence-corrected chi connectivity index (χ3v) is 5.15. The van der Waals surface area contributed by atoms with E-state index in [0.29, 0.717) is 32.2 Å². The number of nitrogens with two attached hydrogens (primary N) is 5. The van der Waals surface area contributed by atoms with Gasteiger partial charge in [0.05, 0.1) is 12.5 Å². The van der Waals surface area contributed by atoms with E-state index in [4.69, 9.17) is 28.7 Å². The van der Waals surface area contributed by atoms with Gasteiger partial charge in [-0.3, -0.25) is 24.2 Å². The predicted molar refractivity (Wildman–Crippen MR) is 133 cm³/mol. The van der Waals surface area contributed by atoms with E-state index in [1.807, 2.05) is 0 Å². The Morgan fingerprint density at radius 1 is 0.833 bits per heavy atom. The van der Waals surface area contributed by atoms with Crippen molar-refractivity contribution in [2.24, 2.45) is 39.6 Å². The topological polar surface area (TPSA) is 284 Å². The van der Waals surface area contributed by atoms with E-state index >= 15 is 0 Å². The molecule has 0 bridgehead atoms. The van der Waals surface area contributed by atoms with Crippen LogP contribution < -0.4 is 44.6 Å². The average molecular weight is 516 g/mol. The molecule has 0 aromatic carbocycles. The van der Waals surface area contributed by atoms with Gasteiger partial charge in [-0.05, 0) is 38.1 Å². The molecule has 0 radical (unpaired) electrons. The van der Waals surface area contributed by atoms with E-state index < -0.39 is 66.1 Å². The lowest BCUT2D eigenvalue weighted by molar-refractivity contribution is -0.143. The smallest absolute Gasteiger partial charge is 0.326 e. The maximum atomic E-state index is 13.0. The normalized spacial score (nSPS) is 14.1. The van der Waals surface area contributed by atoms with E-state index in [9.17, 15) is 29.1 Å². The molecule has 0 aliphatic rings. The van der Waals surface area contributed by atoms with Crippen molar-refractivity contribution in [3.8, 4) is 0 Å². The van der Waals surface area contributed by atoms with E-state index in [1.165, 1.54) is 0 Å². The molecule has 0 aromatic rings. The van der Waals surface area contributed by atoms with Gasteiger partial charge >= 0.3 is 5.97 Å². The van der Waals surface area contributed by atoms with Gasteiger partial charge in [-0.15, -0.1) is 0 Å². The van der Waals surface area contributed by atoms with Crippen LogP contribution in [0.25, 0.3) is 0 Å².